The highest BCUT2D eigenvalue weighted by atomic mass is 16.3. The molecule has 0 bridgehead atoms. The van der Waals surface area contributed by atoms with E-state index in [4.69, 9.17) is 11.1 Å². The SMILES string of the molecule is N=C(c1ccc(CNC(=O)c2cccc3ccccc23)cc1)c1c(N)ncnc1NC1CCC(O)CC1. The van der Waals surface area contributed by atoms with Gasteiger partial charge in [0.15, 0.2) is 0 Å². The van der Waals surface area contributed by atoms with Crippen LogP contribution in [0.5, 0.6) is 0 Å². The fourth-order valence-corrected chi connectivity index (χ4v) is 4.80. The summed E-state index contributed by atoms with van der Waals surface area (Å²) in [5, 5.41) is 27.0. The molecular weight excluding hydrogens is 464 g/mol. The Labute approximate surface area is 215 Å². The predicted octanol–water partition coefficient (Wildman–Crippen LogP) is 4.27. The molecule has 37 heavy (non-hydrogen) atoms. The molecule has 6 N–H and O–H groups in total. The van der Waals surface area contributed by atoms with Gasteiger partial charge >= 0.3 is 0 Å². The van der Waals surface area contributed by atoms with Crippen LogP contribution < -0.4 is 16.4 Å². The average Bonchev–Trinajstić information content (AvgIpc) is 2.93. The number of hydrogen-bond acceptors (Lipinski definition) is 7. The Morgan fingerprint density at radius 3 is 2.49 bits per heavy atom. The standard InChI is InChI=1S/C29H30N6O2/c30-26(25-27(31)33-17-34-28(25)35-21-12-14-22(36)15-13-21)20-10-8-18(9-11-20)16-32-29(37)24-7-3-5-19-4-1-2-6-23(19)24/h1-11,17,21-22,30,36H,12-16H2,(H,32,37)(H3,31,33,34,35). The quantitative estimate of drug-likeness (QED) is 0.243. The summed E-state index contributed by atoms with van der Waals surface area (Å²) in [6.07, 6.45) is 4.29. The first kappa shape index (κ1) is 24.4. The number of benzene rings is 3. The Bertz CT molecular complexity index is 1420. The largest absolute Gasteiger partial charge is 0.393 e. The van der Waals surface area contributed by atoms with Crippen molar-refractivity contribution < 1.29 is 9.90 Å². The van der Waals surface area contributed by atoms with E-state index in [0.29, 0.717) is 29.1 Å². The summed E-state index contributed by atoms with van der Waals surface area (Å²) < 4.78 is 0. The molecule has 1 aliphatic carbocycles. The number of aromatic nitrogens is 2. The van der Waals surface area contributed by atoms with E-state index < -0.39 is 0 Å². The lowest BCUT2D eigenvalue weighted by molar-refractivity contribution is 0.0952. The lowest BCUT2D eigenvalue weighted by Gasteiger charge is -2.27. The summed E-state index contributed by atoms with van der Waals surface area (Å²) in [5.41, 5.74) is 9.10. The number of fused-ring (bicyclic) bond motifs is 1. The molecule has 0 saturated heterocycles. The number of carbonyl (C=O) groups excluding carboxylic acids is 1. The lowest BCUT2D eigenvalue weighted by atomic mass is 9.93. The fourth-order valence-electron chi connectivity index (χ4n) is 4.80. The number of nitrogens with two attached hydrogens (primary N) is 1. The Balaban J connectivity index is 1.27. The van der Waals surface area contributed by atoms with Gasteiger partial charge in [0.05, 0.1) is 17.4 Å². The Morgan fingerprint density at radius 1 is 0.973 bits per heavy atom. The number of amides is 1. The molecule has 8 nitrogen and oxygen atoms in total. The van der Waals surface area contributed by atoms with Gasteiger partial charge in [-0.1, -0.05) is 60.7 Å². The second-order valence-electron chi connectivity index (χ2n) is 9.41. The van der Waals surface area contributed by atoms with Crippen LogP contribution in [0.1, 0.15) is 52.7 Å². The molecule has 188 valence electrons. The van der Waals surface area contributed by atoms with Crippen LogP contribution in [0.3, 0.4) is 0 Å². The summed E-state index contributed by atoms with van der Waals surface area (Å²) in [6, 6.07) is 21.2. The van der Waals surface area contributed by atoms with Gasteiger partial charge in [-0.25, -0.2) is 9.97 Å². The molecule has 1 aromatic heterocycles. The van der Waals surface area contributed by atoms with E-state index in [1.807, 2.05) is 66.7 Å². The van der Waals surface area contributed by atoms with Crippen molar-refractivity contribution in [3.8, 4) is 0 Å². The Kier molecular flexibility index (Phi) is 7.09. The average molecular weight is 495 g/mol. The van der Waals surface area contributed by atoms with Gasteiger partial charge < -0.3 is 21.5 Å². The van der Waals surface area contributed by atoms with Gasteiger partial charge in [-0.05, 0) is 48.1 Å². The summed E-state index contributed by atoms with van der Waals surface area (Å²) in [6.45, 7) is 0.368. The van der Waals surface area contributed by atoms with Crippen molar-refractivity contribution in [2.75, 3.05) is 11.1 Å². The first-order valence-corrected chi connectivity index (χ1v) is 12.5. The van der Waals surface area contributed by atoms with Crippen molar-refractivity contribution in [3.63, 3.8) is 0 Å². The summed E-state index contributed by atoms with van der Waals surface area (Å²) in [7, 11) is 0. The van der Waals surface area contributed by atoms with Crippen LogP contribution in [0.25, 0.3) is 10.8 Å². The minimum atomic E-state index is -0.248. The molecule has 8 heteroatoms. The van der Waals surface area contributed by atoms with E-state index in [1.54, 1.807) is 0 Å². The molecule has 1 amide bonds. The summed E-state index contributed by atoms with van der Waals surface area (Å²) >= 11 is 0. The first-order valence-electron chi connectivity index (χ1n) is 12.5. The maximum atomic E-state index is 12.9. The van der Waals surface area contributed by atoms with Crippen LogP contribution in [0.15, 0.2) is 73.1 Å². The number of aliphatic hydroxyl groups excluding tert-OH is 1. The third-order valence-electron chi connectivity index (χ3n) is 6.89. The highest BCUT2D eigenvalue weighted by Gasteiger charge is 2.23. The van der Waals surface area contributed by atoms with Gasteiger partial charge in [-0.3, -0.25) is 10.2 Å². The van der Waals surface area contributed by atoms with E-state index >= 15 is 0 Å². The number of nitrogens with zero attached hydrogens (tertiary/aromatic N) is 2. The second kappa shape index (κ2) is 10.8. The molecule has 1 fully saturated rings. The number of nitrogens with one attached hydrogen (secondary N) is 3. The highest BCUT2D eigenvalue weighted by Crippen LogP contribution is 2.26. The summed E-state index contributed by atoms with van der Waals surface area (Å²) in [5.74, 6) is 0.642. The van der Waals surface area contributed by atoms with Crippen molar-refractivity contribution in [2.45, 2.75) is 44.4 Å². The van der Waals surface area contributed by atoms with E-state index in [1.165, 1.54) is 6.33 Å². The monoisotopic (exact) mass is 494 g/mol. The third-order valence-corrected chi connectivity index (χ3v) is 6.89. The Hall–Kier alpha value is -4.30. The van der Waals surface area contributed by atoms with E-state index in [9.17, 15) is 9.90 Å². The van der Waals surface area contributed by atoms with Gasteiger partial charge in [-0.2, -0.15) is 0 Å². The predicted molar refractivity (Wildman–Crippen MR) is 146 cm³/mol. The molecule has 0 radical (unpaired) electrons. The molecule has 1 heterocycles. The molecule has 5 rings (SSSR count). The molecule has 1 aliphatic rings. The summed E-state index contributed by atoms with van der Waals surface area (Å²) in [4.78, 5) is 21.3. The highest BCUT2D eigenvalue weighted by molar-refractivity contribution is 6.16. The molecule has 0 spiro atoms. The molecular formula is C29H30N6O2. The van der Waals surface area contributed by atoms with E-state index in [0.717, 1.165) is 42.0 Å². The number of nitrogen functional groups attached to an aromatic ring is 1. The van der Waals surface area contributed by atoms with Crippen LogP contribution in [0, 0.1) is 5.41 Å². The van der Waals surface area contributed by atoms with Crippen LogP contribution in [0.2, 0.25) is 0 Å². The molecule has 0 atom stereocenters. The molecule has 0 aliphatic heterocycles. The smallest absolute Gasteiger partial charge is 0.252 e. The normalized spacial score (nSPS) is 17.3. The van der Waals surface area contributed by atoms with Crippen LogP contribution in [-0.2, 0) is 6.54 Å². The number of aliphatic hydroxyl groups is 1. The zero-order valence-electron chi connectivity index (χ0n) is 20.4. The minimum Gasteiger partial charge on any atom is -0.393 e. The zero-order chi connectivity index (χ0) is 25.8. The number of rotatable bonds is 7. The van der Waals surface area contributed by atoms with Gasteiger partial charge in [0.2, 0.25) is 0 Å². The van der Waals surface area contributed by atoms with E-state index in [-0.39, 0.29) is 29.6 Å². The maximum absolute atomic E-state index is 12.9. The fraction of sp³-hybridized carbons (Fsp3) is 0.241. The van der Waals surface area contributed by atoms with Crippen LogP contribution >= 0.6 is 0 Å². The van der Waals surface area contributed by atoms with Crippen LogP contribution in [0.4, 0.5) is 11.6 Å². The van der Waals surface area contributed by atoms with Crippen molar-refractivity contribution in [1.82, 2.24) is 15.3 Å². The third kappa shape index (κ3) is 5.44. The number of anilines is 2. The lowest BCUT2D eigenvalue weighted by Crippen LogP contribution is -2.29. The molecule has 3 aromatic carbocycles. The topological polar surface area (TPSA) is 137 Å². The molecule has 0 unspecified atom stereocenters. The zero-order valence-corrected chi connectivity index (χ0v) is 20.4. The molecule has 4 aromatic rings. The van der Waals surface area contributed by atoms with Gasteiger partial charge in [0.1, 0.15) is 18.0 Å². The number of hydrogen-bond donors (Lipinski definition) is 5. The molecule has 1 saturated carbocycles. The van der Waals surface area contributed by atoms with Crippen molar-refractivity contribution in [1.29, 1.82) is 5.41 Å². The van der Waals surface area contributed by atoms with Gasteiger partial charge in [0.25, 0.3) is 5.91 Å². The second-order valence-corrected chi connectivity index (χ2v) is 9.41. The first-order chi connectivity index (χ1) is 18.0. The maximum Gasteiger partial charge on any atom is 0.252 e. The Morgan fingerprint density at radius 2 is 1.70 bits per heavy atom. The van der Waals surface area contributed by atoms with Gasteiger partial charge in [-0.15, -0.1) is 0 Å². The van der Waals surface area contributed by atoms with Crippen molar-refractivity contribution in [3.05, 3.63) is 95.3 Å². The van der Waals surface area contributed by atoms with Crippen molar-refractivity contribution >= 4 is 34.0 Å². The van der Waals surface area contributed by atoms with E-state index in [2.05, 4.69) is 20.6 Å². The van der Waals surface area contributed by atoms with Crippen molar-refractivity contribution in [2.24, 2.45) is 0 Å². The van der Waals surface area contributed by atoms with Gasteiger partial charge in [0, 0.05) is 23.7 Å². The van der Waals surface area contributed by atoms with Crippen LogP contribution in [-0.4, -0.2) is 38.8 Å². The minimum absolute atomic E-state index is 0.131. The number of carbonyl (C=O) groups is 1.